The number of rotatable bonds is 4. The molecule has 1 aliphatic carbocycles. The third kappa shape index (κ3) is 3.40. The van der Waals surface area contributed by atoms with Crippen molar-refractivity contribution in [3.8, 4) is 0 Å². The lowest BCUT2D eigenvalue weighted by Gasteiger charge is -2.23. The van der Waals surface area contributed by atoms with Crippen LogP contribution >= 0.6 is 11.3 Å². The van der Waals surface area contributed by atoms with E-state index in [0.29, 0.717) is 19.6 Å². The summed E-state index contributed by atoms with van der Waals surface area (Å²) in [4.78, 5) is 13.5. The maximum atomic E-state index is 12.0. The lowest BCUT2D eigenvalue weighted by Crippen LogP contribution is -2.44. The maximum Gasteiger partial charge on any atom is 0.221 e. The zero-order valence-electron chi connectivity index (χ0n) is 11.7. The Morgan fingerprint density at radius 2 is 2.35 bits per heavy atom. The molecular formula is C15H22N2O2S. The van der Waals surface area contributed by atoms with E-state index in [1.54, 1.807) is 0 Å². The zero-order valence-corrected chi connectivity index (χ0v) is 12.6. The van der Waals surface area contributed by atoms with E-state index in [1.807, 2.05) is 11.3 Å². The Morgan fingerprint density at radius 1 is 1.45 bits per heavy atom. The van der Waals surface area contributed by atoms with E-state index in [0.717, 1.165) is 13.2 Å². The molecule has 0 saturated carbocycles. The van der Waals surface area contributed by atoms with Gasteiger partial charge in [0.25, 0.3) is 0 Å². The second-order valence-electron chi connectivity index (χ2n) is 5.58. The van der Waals surface area contributed by atoms with Gasteiger partial charge in [-0.1, -0.05) is 0 Å². The highest BCUT2D eigenvalue weighted by atomic mass is 32.1. The standard InChI is InChI=1S/C15H22N2O2S/c18-15(7-12-9-19-6-5-16-12)17-8-11-10-20-14-4-2-1-3-13(11)14/h10,12,16H,1-9H2,(H,17,18). The number of amides is 1. The number of hydrogen-bond donors (Lipinski definition) is 2. The predicted octanol–water partition coefficient (Wildman–Crippen LogP) is 1.62. The second-order valence-corrected chi connectivity index (χ2v) is 6.54. The van der Waals surface area contributed by atoms with E-state index in [4.69, 9.17) is 4.74 Å². The Bertz CT molecular complexity index is 466. The number of carbonyl (C=O) groups is 1. The number of thiophene rings is 1. The summed E-state index contributed by atoms with van der Waals surface area (Å²) in [6.07, 6.45) is 5.51. The summed E-state index contributed by atoms with van der Waals surface area (Å²) in [6, 6.07) is 0.167. The summed E-state index contributed by atoms with van der Waals surface area (Å²) in [5, 5.41) is 8.58. The van der Waals surface area contributed by atoms with Crippen molar-refractivity contribution in [1.29, 1.82) is 0 Å². The van der Waals surface area contributed by atoms with Crippen LogP contribution in [0.3, 0.4) is 0 Å². The van der Waals surface area contributed by atoms with Crippen LogP contribution in [0.2, 0.25) is 0 Å². The minimum Gasteiger partial charge on any atom is -0.378 e. The number of morpholine rings is 1. The first-order valence-corrected chi connectivity index (χ1v) is 8.37. The van der Waals surface area contributed by atoms with E-state index < -0.39 is 0 Å². The van der Waals surface area contributed by atoms with Gasteiger partial charge in [-0.05, 0) is 42.2 Å². The first kappa shape index (κ1) is 14.0. The Labute approximate surface area is 123 Å². The molecule has 4 nitrogen and oxygen atoms in total. The second kappa shape index (κ2) is 6.70. The van der Waals surface area contributed by atoms with Crippen LogP contribution in [-0.4, -0.2) is 31.7 Å². The Morgan fingerprint density at radius 3 is 3.20 bits per heavy atom. The summed E-state index contributed by atoms with van der Waals surface area (Å²) in [6.45, 7) is 2.91. The van der Waals surface area contributed by atoms with Crippen LogP contribution in [-0.2, 0) is 28.9 Å². The van der Waals surface area contributed by atoms with Gasteiger partial charge in [-0.25, -0.2) is 0 Å². The minimum atomic E-state index is 0.115. The Balaban J connectivity index is 1.49. The third-order valence-corrected chi connectivity index (χ3v) is 5.19. The van der Waals surface area contributed by atoms with Gasteiger partial charge in [-0.3, -0.25) is 4.79 Å². The highest BCUT2D eigenvalue weighted by molar-refractivity contribution is 7.10. The number of carbonyl (C=O) groups excluding carboxylic acids is 1. The molecule has 0 bridgehead atoms. The lowest BCUT2D eigenvalue weighted by molar-refractivity contribution is -0.122. The average molecular weight is 294 g/mol. The fourth-order valence-corrected chi connectivity index (χ4v) is 4.10. The molecular weight excluding hydrogens is 272 g/mol. The van der Waals surface area contributed by atoms with Crippen molar-refractivity contribution in [3.05, 3.63) is 21.4 Å². The molecule has 1 amide bonds. The first-order valence-electron chi connectivity index (χ1n) is 7.49. The van der Waals surface area contributed by atoms with Crippen molar-refractivity contribution in [2.45, 2.75) is 44.7 Å². The molecule has 0 radical (unpaired) electrons. The maximum absolute atomic E-state index is 12.0. The van der Waals surface area contributed by atoms with Gasteiger partial charge in [0, 0.05) is 30.4 Å². The van der Waals surface area contributed by atoms with Crippen molar-refractivity contribution in [2.75, 3.05) is 19.8 Å². The predicted molar refractivity (Wildman–Crippen MR) is 80.0 cm³/mol. The van der Waals surface area contributed by atoms with Crippen LogP contribution in [0, 0.1) is 0 Å². The quantitative estimate of drug-likeness (QED) is 0.887. The van der Waals surface area contributed by atoms with Crippen LogP contribution in [0.15, 0.2) is 5.38 Å². The third-order valence-electron chi connectivity index (χ3n) is 4.05. The van der Waals surface area contributed by atoms with Crippen LogP contribution in [0.5, 0.6) is 0 Å². The molecule has 1 fully saturated rings. The number of fused-ring (bicyclic) bond motifs is 1. The molecule has 110 valence electrons. The van der Waals surface area contributed by atoms with Crippen molar-refractivity contribution in [2.24, 2.45) is 0 Å². The Hall–Kier alpha value is -0.910. The number of aryl methyl sites for hydroxylation is 1. The summed E-state index contributed by atoms with van der Waals surface area (Å²) in [5.74, 6) is 0.115. The minimum absolute atomic E-state index is 0.115. The highest BCUT2D eigenvalue weighted by Gasteiger charge is 2.18. The molecule has 1 unspecified atom stereocenters. The van der Waals surface area contributed by atoms with Crippen LogP contribution in [0.1, 0.15) is 35.3 Å². The van der Waals surface area contributed by atoms with Crippen LogP contribution in [0.25, 0.3) is 0 Å². The SMILES string of the molecule is O=C(CC1COCCN1)NCc1csc2c1CCCC2. The zero-order chi connectivity index (χ0) is 13.8. The van der Waals surface area contributed by atoms with E-state index in [2.05, 4.69) is 16.0 Å². The molecule has 0 aromatic carbocycles. The van der Waals surface area contributed by atoms with Gasteiger partial charge in [-0.2, -0.15) is 0 Å². The van der Waals surface area contributed by atoms with E-state index in [-0.39, 0.29) is 11.9 Å². The van der Waals surface area contributed by atoms with Gasteiger partial charge in [0.2, 0.25) is 5.91 Å². The van der Waals surface area contributed by atoms with Crippen molar-refractivity contribution >= 4 is 17.2 Å². The fraction of sp³-hybridized carbons (Fsp3) is 0.667. The van der Waals surface area contributed by atoms with Gasteiger partial charge >= 0.3 is 0 Å². The smallest absolute Gasteiger partial charge is 0.221 e. The van der Waals surface area contributed by atoms with Gasteiger partial charge in [0.1, 0.15) is 0 Å². The molecule has 1 aromatic rings. The monoisotopic (exact) mass is 294 g/mol. The average Bonchev–Trinajstić information content (AvgIpc) is 2.89. The molecule has 2 heterocycles. The molecule has 5 heteroatoms. The van der Waals surface area contributed by atoms with E-state index in [9.17, 15) is 4.79 Å². The van der Waals surface area contributed by atoms with Gasteiger partial charge in [0.15, 0.2) is 0 Å². The molecule has 1 atom stereocenters. The number of ether oxygens (including phenoxy) is 1. The van der Waals surface area contributed by atoms with Gasteiger partial charge < -0.3 is 15.4 Å². The largest absolute Gasteiger partial charge is 0.378 e. The summed E-state index contributed by atoms with van der Waals surface area (Å²) < 4.78 is 5.37. The summed E-state index contributed by atoms with van der Waals surface area (Å²) >= 11 is 1.86. The first-order chi connectivity index (χ1) is 9.83. The molecule has 3 rings (SSSR count). The Kier molecular flexibility index (Phi) is 4.70. The highest BCUT2D eigenvalue weighted by Crippen LogP contribution is 2.30. The van der Waals surface area contributed by atoms with Crippen molar-refractivity contribution in [3.63, 3.8) is 0 Å². The summed E-state index contributed by atoms with van der Waals surface area (Å²) in [5.41, 5.74) is 2.83. The van der Waals surface area contributed by atoms with E-state index in [1.165, 1.54) is 41.7 Å². The normalized spacial score (nSPS) is 22.3. The molecule has 2 N–H and O–H groups in total. The molecule has 20 heavy (non-hydrogen) atoms. The fourth-order valence-electron chi connectivity index (χ4n) is 2.95. The summed E-state index contributed by atoms with van der Waals surface area (Å²) in [7, 11) is 0. The van der Waals surface area contributed by atoms with Crippen LogP contribution in [0.4, 0.5) is 0 Å². The van der Waals surface area contributed by atoms with Crippen LogP contribution < -0.4 is 10.6 Å². The van der Waals surface area contributed by atoms with Gasteiger partial charge in [-0.15, -0.1) is 11.3 Å². The molecule has 0 spiro atoms. The number of nitrogens with one attached hydrogen (secondary N) is 2. The van der Waals surface area contributed by atoms with Crippen molar-refractivity contribution in [1.82, 2.24) is 10.6 Å². The lowest BCUT2D eigenvalue weighted by atomic mass is 9.96. The van der Waals surface area contributed by atoms with Crippen molar-refractivity contribution < 1.29 is 9.53 Å². The van der Waals surface area contributed by atoms with Gasteiger partial charge in [0.05, 0.1) is 13.2 Å². The topological polar surface area (TPSA) is 50.4 Å². The molecule has 2 aliphatic rings. The molecule has 1 aromatic heterocycles. The van der Waals surface area contributed by atoms with E-state index >= 15 is 0 Å². The molecule has 1 aliphatic heterocycles. The molecule has 1 saturated heterocycles. The number of hydrogen-bond acceptors (Lipinski definition) is 4.